The van der Waals surface area contributed by atoms with Gasteiger partial charge in [0.1, 0.15) is 5.75 Å². The van der Waals surface area contributed by atoms with Gasteiger partial charge in [-0.05, 0) is 48.6 Å². The second kappa shape index (κ2) is 5.31. The van der Waals surface area contributed by atoms with Crippen LogP contribution in [-0.4, -0.2) is 4.98 Å². The maximum atomic E-state index is 6.01. The summed E-state index contributed by atoms with van der Waals surface area (Å²) in [7, 11) is 0. The molecule has 19 heavy (non-hydrogen) atoms. The molecule has 2 aromatic rings. The van der Waals surface area contributed by atoms with Crippen molar-refractivity contribution in [2.45, 2.75) is 33.6 Å². The predicted octanol–water partition coefficient (Wildman–Crippen LogP) is 4.20. The molecule has 2 N–H and O–H groups in total. The molecule has 0 saturated heterocycles. The maximum Gasteiger partial charge on any atom is 0.242 e. The molecule has 1 heterocycles. The van der Waals surface area contributed by atoms with Crippen LogP contribution < -0.4 is 10.5 Å². The van der Waals surface area contributed by atoms with Gasteiger partial charge in [-0.2, -0.15) is 0 Å². The van der Waals surface area contributed by atoms with Crippen LogP contribution in [0.1, 0.15) is 36.5 Å². The number of rotatable bonds is 3. The number of anilines is 1. The lowest BCUT2D eigenvalue weighted by molar-refractivity contribution is 0.456. The van der Waals surface area contributed by atoms with Crippen molar-refractivity contribution in [3.63, 3.8) is 0 Å². The van der Waals surface area contributed by atoms with Crippen molar-refractivity contribution < 1.29 is 4.74 Å². The highest BCUT2D eigenvalue weighted by Gasteiger charge is 2.12. The quantitative estimate of drug-likeness (QED) is 0.895. The molecule has 0 unspecified atom stereocenters. The Balaban J connectivity index is 2.42. The number of nitrogens with two attached hydrogens (primary N) is 1. The van der Waals surface area contributed by atoms with Crippen molar-refractivity contribution in [3.8, 4) is 11.6 Å². The molecule has 100 valence electrons. The summed E-state index contributed by atoms with van der Waals surface area (Å²) >= 11 is 0. The molecule has 0 saturated carbocycles. The minimum atomic E-state index is 0.390. The lowest BCUT2D eigenvalue weighted by Gasteiger charge is -2.15. The normalized spacial score (nSPS) is 10.8. The lowest BCUT2D eigenvalue weighted by atomic mass is 10.0. The van der Waals surface area contributed by atoms with Gasteiger partial charge < -0.3 is 10.5 Å². The van der Waals surface area contributed by atoms with E-state index in [4.69, 9.17) is 10.5 Å². The summed E-state index contributed by atoms with van der Waals surface area (Å²) in [6.07, 6.45) is 1.71. The predicted molar refractivity (Wildman–Crippen MR) is 78.7 cm³/mol. The molecule has 1 aromatic carbocycles. The molecule has 3 heteroatoms. The molecule has 0 radical (unpaired) electrons. The van der Waals surface area contributed by atoms with Gasteiger partial charge in [0.15, 0.2) is 0 Å². The zero-order chi connectivity index (χ0) is 14.0. The van der Waals surface area contributed by atoms with Crippen molar-refractivity contribution >= 4 is 5.69 Å². The fraction of sp³-hybridized carbons (Fsp3) is 0.312. The summed E-state index contributed by atoms with van der Waals surface area (Å²) in [5, 5.41) is 0. The topological polar surface area (TPSA) is 48.1 Å². The largest absolute Gasteiger partial charge is 0.437 e. The molecule has 1 aromatic heterocycles. The van der Waals surface area contributed by atoms with E-state index in [0.717, 1.165) is 22.4 Å². The fourth-order valence-electron chi connectivity index (χ4n) is 1.94. The van der Waals surface area contributed by atoms with Gasteiger partial charge in [-0.3, -0.25) is 0 Å². The molecule has 0 aliphatic carbocycles. The van der Waals surface area contributed by atoms with Crippen molar-refractivity contribution in [1.29, 1.82) is 0 Å². The smallest absolute Gasteiger partial charge is 0.242 e. The Labute approximate surface area is 114 Å². The first-order chi connectivity index (χ1) is 8.99. The van der Waals surface area contributed by atoms with Gasteiger partial charge in [0, 0.05) is 6.20 Å². The minimum absolute atomic E-state index is 0.390. The van der Waals surface area contributed by atoms with E-state index in [0.29, 0.717) is 17.5 Å². The molecule has 0 amide bonds. The average molecular weight is 256 g/mol. The van der Waals surface area contributed by atoms with E-state index in [-0.39, 0.29) is 0 Å². The number of aryl methyl sites for hydroxylation is 2. The number of nitrogens with zero attached hydrogens (tertiary/aromatic N) is 1. The van der Waals surface area contributed by atoms with Gasteiger partial charge in [-0.15, -0.1) is 0 Å². The maximum absolute atomic E-state index is 6.01. The number of hydrogen-bond donors (Lipinski definition) is 1. The molecule has 0 bridgehead atoms. The molecule has 3 nitrogen and oxygen atoms in total. The summed E-state index contributed by atoms with van der Waals surface area (Å²) in [5.74, 6) is 1.70. The Kier molecular flexibility index (Phi) is 3.74. The summed E-state index contributed by atoms with van der Waals surface area (Å²) in [6, 6.07) is 8.09. The molecule has 0 atom stereocenters. The zero-order valence-electron chi connectivity index (χ0n) is 11.9. The second-order valence-electron chi connectivity index (χ2n) is 5.14. The Morgan fingerprint density at radius 2 is 1.89 bits per heavy atom. The Morgan fingerprint density at radius 1 is 1.16 bits per heavy atom. The van der Waals surface area contributed by atoms with Crippen LogP contribution in [0.15, 0.2) is 30.5 Å². The number of pyridine rings is 1. The first-order valence-corrected chi connectivity index (χ1v) is 6.48. The van der Waals surface area contributed by atoms with Crippen LogP contribution in [0.2, 0.25) is 0 Å². The minimum Gasteiger partial charge on any atom is -0.437 e. The zero-order valence-corrected chi connectivity index (χ0v) is 11.9. The number of nitrogen functional groups attached to an aromatic ring is 1. The van der Waals surface area contributed by atoms with Gasteiger partial charge in [0.05, 0.1) is 5.69 Å². The molecule has 0 aliphatic heterocycles. The van der Waals surface area contributed by atoms with Gasteiger partial charge in [0.2, 0.25) is 5.88 Å². The van der Waals surface area contributed by atoms with Gasteiger partial charge in [-0.25, -0.2) is 4.98 Å². The van der Waals surface area contributed by atoms with E-state index in [1.807, 2.05) is 26.0 Å². The summed E-state index contributed by atoms with van der Waals surface area (Å²) in [6.45, 7) is 8.28. The summed E-state index contributed by atoms with van der Waals surface area (Å²) in [5.41, 5.74) is 9.90. The standard InChI is InChI=1S/C16H20N2O/c1-10(2)13-6-5-11(3)9-14(13)19-16-15(17)12(4)7-8-18-16/h5-10H,17H2,1-4H3. The highest BCUT2D eigenvalue weighted by atomic mass is 16.5. The Hall–Kier alpha value is -2.03. The fourth-order valence-corrected chi connectivity index (χ4v) is 1.94. The van der Waals surface area contributed by atoms with Gasteiger partial charge in [0.25, 0.3) is 0 Å². The second-order valence-corrected chi connectivity index (χ2v) is 5.14. The summed E-state index contributed by atoms with van der Waals surface area (Å²) < 4.78 is 5.93. The van der Waals surface area contributed by atoms with E-state index in [9.17, 15) is 0 Å². The monoisotopic (exact) mass is 256 g/mol. The highest BCUT2D eigenvalue weighted by Crippen LogP contribution is 2.33. The Bertz CT molecular complexity index is 591. The van der Waals surface area contributed by atoms with E-state index >= 15 is 0 Å². The van der Waals surface area contributed by atoms with Crippen LogP contribution in [0, 0.1) is 13.8 Å². The lowest BCUT2D eigenvalue weighted by Crippen LogP contribution is -2.00. The third-order valence-corrected chi connectivity index (χ3v) is 3.17. The van der Waals surface area contributed by atoms with Crippen LogP contribution in [-0.2, 0) is 0 Å². The molecule has 0 fully saturated rings. The van der Waals surface area contributed by atoms with Crippen LogP contribution in [0.3, 0.4) is 0 Å². The van der Waals surface area contributed by atoms with Crippen LogP contribution in [0.4, 0.5) is 5.69 Å². The average Bonchev–Trinajstić information content (AvgIpc) is 2.35. The van der Waals surface area contributed by atoms with Crippen molar-refractivity contribution in [2.24, 2.45) is 0 Å². The van der Waals surface area contributed by atoms with Crippen LogP contribution >= 0.6 is 0 Å². The SMILES string of the molecule is Cc1ccc(C(C)C)c(Oc2nccc(C)c2N)c1. The molecule has 2 rings (SSSR count). The third kappa shape index (κ3) is 2.87. The number of ether oxygens (including phenoxy) is 1. The van der Waals surface area contributed by atoms with E-state index in [1.165, 1.54) is 0 Å². The van der Waals surface area contributed by atoms with Gasteiger partial charge in [-0.1, -0.05) is 26.0 Å². The van der Waals surface area contributed by atoms with E-state index in [2.05, 4.69) is 31.0 Å². The third-order valence-electron chi connectivity index (χ3n) is 3.17. The number of benzene rings is 1. The van der Waals surface area contributed by atoms with Crippen LogP contribution in [0.5, 0.6) is 11.6 Å². The summed E-state index contributed by atoms with van der Waals surface area (Å²) in [4.78, 5) is 4.22. The molecule has 0 aliphatic rings. The number of aromatic nitrogens is 1. The highest BCUT2D eigenvalue weighted by molar-refractivity contribution is 5.55. The van der Waals surface area contributed by atoms with Crippen LogP contribution in [0.25, 0.3) is 0 Å². The first-order valence-electron chi connectivity index (χ1n) is 6.48. The van der Waals surface area contributed by atoms with Crippen molar-refractivity contribution in [3.05, 3.63) is 47.2 Å². The molecular weight excluding hydrogens is 236 g/mol. The Morgan fingerprint density at radius 3 is 2.58 bits per heavy atom. The molecule has 0 spiro atoms. The van der Waals surface area contributed by atoms with Crippen molar-refractivity contribution in [1.82, 2.24) is 4.98 Å². The van der Waals surface area contributed by atoms with E-state index < -0.39 is 0 Å². The number of hydrogen-bond acceptors (Lipinski definition) is 3. The van der Waals surface area contributed by atoms with E-state index in [1.54, 1.807) is 6.20 Å². The molecular formula is C16H20N2O. The van der Waals surface area contributed by atoms with Crippen molar-refractivity contribution in [2.75, 3.05) is 5.73 Å². The van der Waals surface area contributed by atoms with Gasteiger partial charge >= 0.3 is 0 Å². The first kappa shape index (κ1) is 13.4.